The molecule has 102 valence electrons. The number of rotatable bonds is 8. The Kier molecular flexibility index (Phi) is 7.64. The Morgan fingerprint density at radius 1 is 1.29 bits per heavy atom. The molecule has 0 aliphatic rings. The van der Waals surface area contributed by atoms with E-state index in [4.69, 9.17) is 10.8 Å². The summed E-state index contributed by atoms with van der Waals surface area (Å²) in [5.41, 5.74) is 5.24. The van der Waals surface area contributed by atoms with E-state index in [2.05, 4.69) is 5.32 Å². The molecule has 0 atom stereocenters. The molecule has 1 amide bonds. The minimum atomic E-state index is -4.24. The third-order valence-electron chi connectivity index (χ3n) is 2.01. The molecule has 0 saturated heterocycles. The molecule has 0 radical (unpaired) electrons. The van der Waals surface area contributed by atoms with E-state index < -0.39 is 18.8 Å². The van der Waals surface area contributed by atoms with Crippen molar-refractivity contribution in [3.8, 4) is 0 Å². The van der Waals surface area contributed by atoms with Crippen molar-refractivity contribution in [3.05, 3.63) is 0 Å². The number of nitrogens with one attached hydrogen (secondary N) is 1. The molecule has 8 heteroatoms. The second kappa shape index (κ2) is 8.13. The maximum atomic E-state index is 12.2. The fourth-order valence-electron chi connectivity index (χ4n) is 1.34. The summed E-state index contributed by atoms with van der Waals surface area (Å²) >= 11 is 0. The first-order chi connectivity index (χ1) is 7.85. The highest BCUT2D eigenvalue weighted by Gasteiger charge is 2.30. The van der Waals surface area contributed by atoms with Crippen molar-refractivity contribution >= 4 is 6.09 Å². The number of hydrogen-bond donors (Lipinski definition) is 3. The number of nitrogens with two attached hydrogens (primary N) is 1. The number of amides is 1. The number of carboxylic acid groups (broad SMARTS) is 1. The Morgan fingerprint density at radius 2 is 1.88 bits per heavy atom. The second-order valence-electron chi connectivity index (χ2n) is 3.62. The number of alkyl halides is 3. The number of halogens is 3. The molecular formula is C9H18F3N3O2. The molecule has 0 saturated carbocycles. The van der Waals surface area contributed by atoms with Crippen LogP contribution >= 0.6 is 0 Å². The lowest BCUT2D eigenvalue weighted by atomic mass is 10.3. The number of carbonyl (C=O) groups is 1. The van der Waals surface area contributed by atoms with E-state index in [0.717, 1.165) is 0 Å². The normalized spacial score (nSPS) is 11.8. The molecule has 0 aromatic heterocycles. The minimum absolute atomic E-state index is 0.145. The van der Waals surface area contributed by atoms with Crippen LogP contribution in [0.4, 0.5) is 18.0 Å². The molecule has 0 aromatic carbocycles. The van der Waals surface area contributed by atoms with E-state index in [9.17, 15) is 18.0 Å². The molecule has 0 aliphatic heterocycles. The maximum absolute atomic E-state index is 12.2. The van der Waals surface area contributed by atoms with Crippen molar-refractivity contribution < 1.29 is 23.1 Å². The molecule has 0 bridgehead atoms. The zero-order valence-electron chi connectivity index (χ0n) is 9.46. The lowest BCUT2D eigenvalue weighted by Crippen LogP contribution is -2.37. The van der Waals surface area contributed by atoms with Gasteiger partial charge in [-0.3, -0.25) is 4.90 Å². The van der Waals surface area contributed by atoms with Gasteiger partial charge in [0.2, 0.25) is 0 Å². The van der Waals surface area contributed by atoms with Gasteiger partial charge in [0, 0.05) is 13.1 Å². The Balaban J connectivity index is 3.88. The van der Waals surface area contributed by atoms with E-state index in [1.807, 2.05) is 0 Å². The monoisotopic (exact) mass is 257 g/mol. The van der Waals surface area contributed by atoms with Gasteiger partial charge in [0.15, 0.2) is 0 Å². The van der Waals surface area contributed by atoms with Crippen molar-refractivity contribution in [1.29, 1.82) is 0 Å². The molecule has 0 aliphatic carbocycles. The van der Waals surface area contributed by atoms with E-state index in [1.165, 1.54) is 4.90 Å². The molecule has 0 unspecified atom stereocenters. The number of nitrogens with zero attached hydrogens (tertiary/aromatic N) is 1. The second-order valence-corrected chi connectivity index (χ2v) is 3.62. The van der Waals surface area contributed by atoms with Crippen LogP contribution in [0.25, 0.3) is 0 Å². The van der Waals surface area contributed by atoms with Crippen LogP contribution in [0, 0.1) is 0 Å². The van der Waals surface area contributed by atoms with Gasteiger partial charge >= 0.3 is 12.3 Å². The van der Waals surface area contributed by atoms with Crippen LogP contribution in [0.5, 0.6) is 0 Å². The molecule has 0 spiro atoms. The highest BCUT2D eigenvalue weighted by atomic mass is 19.4. The van der Waals surface area contributed by atoms with E-state index in [1.54, 1.807) is 0 Å². The van der Waals surface area contributed by atoms with Crippen LogP contribution in [0.3, 0.4) is 0 Å². The van der Waals surface area contributed by atoms with Crippen LogP contribution in [0.1, 0.15) is 12.8 Å². The SMILES string of the molecule is NCCCN(CCCNC(=O)O)CC(F)(F)F. The summed E-state index contributed by atoms with van der Waals surface area (Å²) in [7, 11) is 0. The van der Waals surface area contributed by atoms with Crippen molar-refractivity contribution in [2.24, 2.45) is 5.73 Å². The summed E-state index contributed by atoms with van der Waals surface area (Å²) in [6.45, 7) is -0.0447. The Labute approximate surface area is 97.8 Å². The molecule has 0 rings (SSSR count). The van der Waals surface area contributed by atoms with Crippen molar-refractivity contribution in [2.75, 3.05) is 32.7 Å². The fourth-order valence-corrected chi connectivity index (χ4v) is 1.34. The van der Waals surface area contributed by atoms with E-state index >= 15 is 0 Å². The Morgan fingerprint density at radius 3 is 2.35 bits per heavy atom. The van der Waals surface area contributed by atoms with E-state index in [-0.39, 0.29) is 19.6 Å². The van der Waals surface area contributed by atoms with Gasteiger partial charge in [-0.2, -0.15) is 13.2 Å². The molecule has 5 nitrogen and oxygen atoms in total. The van der Waals surface area contributed by atoms with Crippen LogP contribution < -0.4 is 11.1 Å². The van der Waals surface area contributed by atoms with Gasteiger partial charge in [-0.1, -0.05) is 0 Å². The zero-order chi connectivity index (χ0) is 13.3. The zero-order valence-corrected chi connectivity index (χ0v) is 9.46. The van der Waals surface area contributed by atoms with Gasteiger partial charge in [0.05, 0.1) is 6.54 Å². The van der Waals surface area contributed by atoms with Crippen LogP contribution in [-0.2, 0) is 0 Å². The molecule has 17 heavy (non-hydrogen) atoms. The van der Waals surface area contributed by atoms with Gasteiger partial charge in [-0.15, -0.1) is 0 Å². The first kappa shape index (κ1) is 16.0. The summed E-state index contributed by atoms with van der Waals surface area (Å²) in [5, 5.41) is 10.4. The Hall–Kier alpha value is -1.02. The molecule has 0 heterocycles. The fraction of sp³-hybridized carbons (Fsp3) is 0.889. The third-order valence-corrected chi connectivity index (χ3v) is 2.01. The third kappa shape index (κ3) is 11.2. The van der Waals surface area contributed by atoms with Gasteiger partial charge in [-0.05, 0) is 25.9 Å². The predicted octanol–water partition coefficient (Wildman–Crippen LogP) is 0.857. The standard InChI is InChI=1S/C9H18F3N3O2/c10-9(11,12)7-15(5-1-3-13)6-2-4-14-8(16)17/h14H,1-7,13H2,(H,16,17). The van der Waals surface area contributed by atoms with Crippen molar-refractivity contribution in [2.45, 2.75) is 19.0 Å². The first-order valence-corrected chi connectivity index (χ1v) is 5.31. The van der Waals surface area contributed by atoms with Gasteiger partial charge < -0.3 is 16.2 Å². The minimum Gasteiger partial charge on any atom is -0.465 e. The van der Waals surface area contributed by atoms with E-state index in [0.29, 0.717) is 19.4 Å². The lowest BCUT2D eigenvalue weighted by molar-refractivity contribution is -0.146. The quantitative estimate of drug-likeness (QED) is 0.563. The highest BCUT2D eigenvalue weighted by molar-refractivity contribution is 5.64. The molecule has 0 aromatic rings. The van der Waals surface area contributed by atoms with Crippen LogP contribution in [0.2, 0.25) is 0 Å². The topological polar surface area (TPSA) is 78.6 Å². The van der Waals surface area contributed by atoms with Crippen molar-refractivity contribution in [3.63, 3.8) is 0 Å². The maximum Gasteiger partial charge on any atom is 0.404 e. The van der Waals surface area contributed by atoms with Gasteiger partial charge in [0.1, 0.15) is 0 Å². The van der Waals surface area contributed by atoms with Gasteiger partial charge in [-0.25, -0.2) is 4.79 Å². The summed E-state index contributed by atoms with van der Waals surface area (Å²) in [6, 6.07) is 0. The largest absolute Gasteiger partial charge is 0.465 e. The number of hydrogen-bond acceptors (Lipinski definition) is 3. The van der Waals surface area contributed by atoms with Gasteiger partial charge in [0.25, 0.3) is 0 Å². The predicted molar refractivity (Wildman–Crippen MR) is 56.8 cm³/mol. The lowest BCUT2D eigenvalue weighted by Gasteiger charge is -2.23. The summed E-state index contributed by atoms with van der Waals surface area (Å²) in [5.74, 6) is 0. The summed E-state index contributed by atoms with van der Waals surface area (Å²) in [4.78, 5) is 11.4. The summed E-state index contributed by atoms with van der Waals surface area (Å²) in [6.07, 6.45) is -4.58. The Bertz CT molecular complexity index is 224. The van der Waals surface area contributed by atoms with Crippen LogP contribution in [-0.4, -0.2) is 55.0 Å². The first-order valence-electron chi connectivity index (χ1n) is 5.31. The average Bonchev–Trinajstić information content (AvgIpc) is 2.18. The molecular weight excluding hydrogens is 239 g/mol. The highest BCUT2D eigenvalue weighted by Crippen LogP contribution is 2.16. The molecule has 4 N–H and O–H groups in total. The average molecular weight is 257 g/mol. The van der Waals surface area contributed by atoms with Crippen molar-refractivity contribution in [1.82, 2.24) is 10.2 Å². The summed E-state index contributed by atoms with van der Waals surface area (Å²) < 4.78 is 36.6. The smallest absolute Gasteiger partial charge is 0.404 e. The molecule has 0 fully saturated rings. The van der Waals surface area contributed by atoms with Crippen LogP contribution in [0.15, 0.2) is 0 Å².